The summed E-state index contributed by atoms with van der Waals surface area (Å²) in [7, 11) is -15.5. The molecule has 0 aliphatic rings. The van der Waals surface area contributed by atoms with Crippen LogP contribution in [0, 0.1) is 0 Å². The van der Waals surface area contributed by atoms with Crippen molar-refractivity contribution in [3.8, 4) is 0 Å². The summed E-state index contributed by atoms with van der Waals surface area (Å²) in [6.45, 7) is 0. The van der Waals surface area contributed by atoms with E-state index in [-0.39, 0.29) is 53.6 Å². The van der Waals surface area contributed by atoms with Gasteiger partial charge in [-0.2, -0.15) is 0 Å². The van der Waals surface area contributed by atoms with Crippen LogP contribution in [0.15, 0.2) is 0 Å². The zero-order valence-electron chi connectivity index (χ0n) is 7.54. The Morgan fingerprint density at radius 1 is 0.444 bits per heavy atom. The van der Waals surface area contributed by atoms with Crippen molar-refractivity contribution >= 4 is 31.2 Å². The van der Waals surface area contributed by atoms with Crippen LogP contribution in [0.4, 0.5) is 0 Å². The fraction of sp³-hybridized carbons (Fsp3) is 0. The van der Waals surface area contributed by atoms with Gasteiger partial charge in [-0.1, -0.05) is 0 Å². The van der Waals surface area contributed by atoms with Crippen molar-refractivity contribution in [1.29, 1.82) is 0 Å². The summed E-state index contributed by atoms with van der Waals surface area (Å²) in [5, 5.41) is 0. The summed E-state index contributed by atoms with van der Waals surface area (Å²) in [6, 6.07) is 0. The van der Waals surface area contributed by atoms with E-state index in [0.29, 0.717) is 0 Å². The van der Waals surface area contributed by atoms with E-state index in [4.69, 9.17) is 52.6 Å². The molecule has 0 aromatic carbocycles. The van der Waals surface area contributed by atoms with Gasteiger partial charge in [0.25, 0.3) is 0 Å². The molecule has 0 spiro atoms. The molecule has 18 heavy (non-hydrogen) atoms. The molecule has 108 valence electrons. The van der Waals surface area contributed by atoms with Gasteiger partial charge in [0.15, 0.2) is 0 Å². The second-order valence-electron chi connectivity index (χ2n) is 1.22. The van der Waals surface area contributed by atoms with E-state index in [1.165, 1.54) is 0 Å². The fourth-order valence-corrected chi connectivity index (χ4v) is 0. The van der Waals surface area contributed by atoms with Gasteiger partial charge in [-0.15, -0.1) is 0 Å². The summed E-state index contributed by atoms with van der Waals surface area (Å²) >= 11 is 0. The van der Waals surface area contributed by atoms with E-state index in [1.54, 1.807) is 0 Å². The molecular weight excluding hydrogens is 465 g/mol. The largest absolute Gasteiger partial charge is 3.00 e. The van der Waals surface area contributed by atoms with Crippen LogP contribution < -0.4 is 0 Å². The number of hydrogen-bond donors (Lipinski definition) is 0. The third kappa shape index (κ3) is 2830. The summed E-state index contributed by atoms with van der Waals surface area (Å²) in [5.74, 6) is 0. The van der Waals surface area contributed by atoms with Crippen LogP contribution in [0.25, 0.3) is 0 Å². The van der Waals surface area contributed by atoms with Gasteiger partial charge in [0, 0.05) is 50.7 Å². The van der Waals surface area contributed by atoms with Crippen LogP contribution in [0.3, 0.4) is 0 Å². The van der Waals surface area contributed by atoms with Crippen molar-refractivity contribution in [2.45, 2.75) is 0 Å². The molecule has 0 heterocycles. The fourth-order valence-electron chi connectivity index (χ4n) is 0. The van der Waals surface area contributed by atoms with Crippen molar-refractivity contribution in [2.75, 3.05) is 0 Å². The van der Waals surface area contributed by atoms with Gasteiger partial charge in [-0.3, -0.25) is 25.3 Å². The third-order valence-corrected chi connectivity index (χ3v) is 0. The van der Waals surface area contributed by atoms with Crippen LogP contribution in [0.5, 0.6) is 0 Å². The standard InChI is InChI=1S/2Fe.3H2O4S.Zn/c;;3*1-5(2,3)4;/h;;3*(H2,1,2,3,4);/q2*+3;;;;/p-6. The van der Waals surface area contributed by atoms with Crippen LogP contribution >= 0.6 is 0 Å². The second-order valence-corrected chi connectivity index (χ2v) is 3.67. The van der Waals surface area contributed by atoms with Crippen molar-refractivity contribution < 1.29 is 106 Å². The maximum absolute atomic E-state index is 8.52. The summed E-state index contributed by atoms with van der Waals surface area (Å²) in [6.07, 6.45) is 0. The molecule has 0 aliphatic heterocycles. The molecule has 0 aromatic rings. The van der Waals surface area contributed by atoms with Crippen molar-refractivity contribution in [1.82, 2.24) is 0 Å². The van der Waals surface area contributed by atoms with Gasteiger partial charge in [0.2, 0.25) is 0 Å². The van der Waals surface area contributed by atoms with Gasteiger partial charge < -0.3 is 27.3 Å². The van der Waals surface area contributed by atoms with Gasteiger partial charge >= 0.3 is 34.1 Å². The van der Waals surface area contributed by atoms with E-state index in [2.05, 4.69) is 0 Å². The Morgan fingerprint density at radius 3 is 0.444 bits per heavy atom. The minimum absolute atomic E-state index is 0. The van der Waals surface area contributed by atoms with E-state index < -0.39 is 31.2 Å². The summed E-state index contributed by atoms with van der Waals surface area (Å²) in [4.78, 5) is 0. The van der Waals surface area contributed by atoms with Crippen molar-refractivity contribution in [2.24, 2.45) is 0 Å². The Morgan fingerprint density at radius 2 is 0.444 bits per heavy atom. The van der Waals surface area contributed by atoms with Crippen molar-refractivity contribution in [3.63, 3.8) is 0 Å². The molecule has 0 unspecified atom stereocenters. The Kier molecular flexibility index (Phi) is 29.8. The van der Waals surface area contributed by atoms with Crippen LogP contribution in [0.1, 0.15) is 0 Å². The van der Waals surface area contributed by atoms with Crippen LogP contribution in [0.2, 0.25) is 0 Å². The predicted molar refractivity (Wildman–Crippen MR) is 31.4 cm³/mol. The van der Waals surface area contributed by atoms with E-state index in [0.717, 1.165) is 0 Å². The first kappa shape index (κ1) is 36.5. The first-order valence-corrected chi connectivity index (χ1v) is 6.00. The molecular formula is Fe2O12S3Zn. The SMILES string of the molecule is O=S(=O)([O-])[O-].O=S(=O)([O-])[O-].O=S(=O)([O-])[O-].[Fe+3].[Fe+3].[Zn]. The molecule has 0 fully saturated rings. The third-order valence-electron chi connectivity index (χ3n) is 0. The molecule has 0 atom stereocenters. The van der Waals surface area contributed by atoms with Crippen LogP contribution in [-0.2, 0) is 84.8 Å². The Hall–Kier alpha value is 1.27. The predicted octanol–water partition coefficient (Wildman–Crippen LogP) is -4.02. The topological polar surface area (TPSA) is 241 Å². The van der Waals surface area contributed by atoms with E-state index in [1.807, 2.05) is 0 Å². The van der Waals surface area contributed by atoms with Crippen molar-refractivity contribution in [3.05, 3.63) is 0 Å². The average molecular weight is 465 g/mol. The molecule has 12 nitrogen and oxygen atoms in total. The Balaban J connectivity index is -0.0000000277. The number of hydrogen-bond acceptors (Lipinski definition) is 12. The molecule has 18 heteroatoms. The Labute approximate surface area is 136 Å². The summed E-state index contributed by atoms with van der Waals surface area (Å²) in [5.41, 5.74) is 0. The molecule has 0 saturated carbocycles. The number of rotatable bonds is 0. The van der Waals surface area contributed by atoms with Gasteiger partial charge in [-0.05, 0) is 0 Å². The first-order valence-electron chi connectivity index (χ1n) is 2.00. The van der Waals surface area contributed by atoms with E-state index >= 15 is 0 Å². The zero-order valence-corrected chi connectivity index (χ0v) is 15.2. The molecule has 0 rings (SSSR count). The molecule has 0 aromatic heterocycles. The normalized spacial score (nSPS) is 9.67. The quantitative estimate of drug-likeness (QED) is 0.189. The molecule has 0 N–H and O–H groups in total. The van der Waals surface area contributed by atoms with E-state index in [9.17, 15) is 0 Å². The summed E-state index contributed by atoms with van der Waals surface area (Å²) < 4.78 is 102. The van der Waals surface area contributed by atoms with Gasteiger partial charge in [0.1, 0.15) is 0 Å². The molecule has 0 amide bonds. The minimum atomic E-state index is -5.17. The second kappa shape index (κ2) is 14.7. The van der Waals surface area contributed by atoms with Crippen LogP contribution in [-0.4, -0.2) is 52.6 Å². The maximum Gasteiger partial charge on any atom is 3.00 e. The van der Waals surface area contributed by atoms with Gasteiger partial charge in [-0.25, -0.2) is 0 Å². The monoisotopic (exact) mass is 464 g/mol. The average Bonchev–Trinajstić information content (AvgIpc) is 1.41. The minimum Gasteiger partial charge on any atom is -0.759 e. The molecule has 2 radical (unpaired) electrons. The van der Waals surface area contributed by atoms with Gasteiger partial charge in [0.05, 0.1) is 0 Å². The smallest absolute Gasteiger partial charge is 0.759 e. The molecule has 0 saturated heterocycles. The molecule has 0 aliphatic carbocycles. The first-order chi connectivity index (χ1) is 6.00. The molecule has 0 bridgehead atoms. The maximum atomic E-state index is 8.52. The zero-order chi connectivity index (χ0) is 13.5. The Bertz CT molecular complexity index is 346.